The van der Waals surface area contributed by atoms with E-state index in [1.54, 1.807) is 0 Å². The van der Waals surface area contributed by atoms with Gasteiger partial charge in [0.05, 0.1) is 5.52 Å². The molecule has 0 saturated heterocycles. The van der Waals surface area contributed by atoms with Crippen molar-refractivity contribution in [3.05, 3.63) is 65.3 Å². The molecule has 0 saturated carbocycles. The molecule has 1 aromatic heterocycles. The van der Waals surface area contributed by atoms with Crippen LogP contribution in [0.4, 0.5) is 0 Å². The topological polar surface area (TPSA) is 38.9 Å². The van der Waals surface area contributed by atoms with Crippen molar-refractivity contribution in [1.29, 1.82) is 0 Å². The first-order valence-electron chi connectivity index (χ1n) is 6.12. The number of aromatic nitrogens is 1. The van der Waals surface area contributed by atoms with Crippen molar-refractivity contribution in [2.75, 3.05) is 0 Å². The van der Waals surface area contributed by atoms with Crippen LogP contribution in [0.15, 0.2) is 54.7 Å². The Labute approximate surface area is 116 Å². The van der Waals surface area contributed by atoms with Gasteiger partial charge in [-0.25, -0.2) is 0 Å². The van der Waals surface area contributed by atoms with Crippen LogP contribution < -0.4 is 5.73 Å². The second kappa shape index (κ2) is 5.00. The summed E-state index contributed by atoms with van der Waals surface area (Å²) in [5.74, 6) is 0. The molecule has 2 aromatic carbocycles. The van der Waals surface area contributed by atoms with Crippen LogP contribution in [-0.4, -0.2) is 4.98 Å². The van der Waals surface area contributed by atoms with Crippen molar-refractivity contribution in [3.63, 3.8) is 0 Å². The predicted octanol–water partition coefficient (Wildman–Crippen LogP) is 4.01. The van der Waals surface area contributed by atoms with Crippen molar-refractivity contribution >= 4 is 22.5 Å². The van der Waals surface area contributed by atoms with Gasteiger partial charge in [-0.15, -0.1) is 0 Å². The van der Waals surface area contributed by atoms with E-state index in [0.29, 0.717) is 11.6 Å². The van der Waals surface area contributed by atoms with Gasteiger partial charge in [-0.1, -0.05) is 41.9 Å². The Kier molecular flexibility index (Phi) is 3.20. The third-order valence-corrected chi connectivity index (χ3v) is 3.45. The van der Waals surface area contributed by atoms with Crippen LogP contribution in [0.3, 0.4) is 0 Å². The van der Waals surface area contributed by atoms with Gasteiger partial charge in [0.1, 0.15) is 0 Å². The highest BCUT2D eigenvalue weighted by Gasteiger charge is 2.09. The molecule has 0 bridgehead atoms. The second-order valence-electron chi connectivity index (χ2n) is 4.39. The molecule has 0 unspecified atom stereocenters. The molecule has 0 amide bonds. The summed E-state index contributed by atoms with van der Waals surface area (Å²) in [6, 6.07) is 16.0. The van der Waals surface area contributed by atoms with E-state index >= 15 is 0 Å². The van der Waals surface area contributed by atoms with Gasteiger partial charge >= 0.3 is 0 Å². The van der Waals surface area contributed by atoms with Crippen molar-refractivity contribution in [2.24, 2.45) is 5.73 Å². The molecule has 0 radical (unpaired) electrons. The third kappa shape index (κ3) is 2.21. The Morgan fingerprint density at radius 1 is 1.00 bits per heavy atom. The van der Waals surface area contributed by atoms with Gasteiger partial charge in [0.25, 0.3) is 0 Å². The quantitative estimate of drug-likeness (QED) is 0.763. The molecule has 0 spiro atoms. The third-order valence-electron chi connectivity index (χ3n) is 3.21. The van der Waals surface area contributed by atoms with Crippen LogP contribution in [0.5, 0.6) is 0 Å². The maximum absolute atomic E-state index is 6.03. The molecule has 1 heterocycles. The predicted molar refractivity (Wildman–Crippen MR) is 80.1 cm³/mol. The van der Waals surface area contributed by atoms with Crippen LogP contribution in [0.25, 0.3) is 22.0 Å². The molecule has 0 fully saturated rings. The minimum Gasteiger partial charge on any atom is -0.326 e. The van der Waals surface area contributed by atoms with Gasteiger partial charge in [-0.3, -0.25) is 4.98 Å². The summed E-state index contributed by atoms with van der Waals surface area (Å²) in [4.78, 5) is 4.48. The first kappa shape index (κ1) is 12.2. The van der Waals surface area contributed by atoms with E-state index in [0.717, 1.165) is 27.6 Å². The normalized spacial score (nSPS) is 10.8. The number of nitrogens with two attached hydrogens (primary N) is 1. The summed E-state index contributed by atoms with van der Waals surface area (Å²) in [7, 11) is 0. The molecule has 3 aromatic rings. The summed E-state index contributed by atoms with van der Waals surface area (Å²) in [6.07, 6.45) is 1.81. The Bertz CT molecular complexity index is 732. The summed E-state index contributed by atoms with van der Waals surface area (Å²) < 4.78 is 0. The lowest BCUT2D eigenvalue weighted by Gasteiger charge is -2.10. The number of rotatable bonds is 2. The molecule has 0 aliphatic carbocycles. The van der Waals surface area contributed by atoms with Gasteiger partial charge < -0.3 is 5.73 Å². The zero-order valence-corrected chi connectivity index (χ0v) is 11.1. The number of halogens is 1. The zero-order chi connectivity index (χ0) is 13.2. The fourth-order valence-corrected chi connectivity index (χ4v) is 2.51. The molecule has 19 heavy (non-hydrogen) atoms. The van der Waals surface area contributed by atoms with E-state index in [9.17, 15) is 0 Å². The molecule has 3 heteroatoms. The molecular formula is C16H13ClN2. The summed E-state index contributed by atoms with van der Waals surface area (Å²) >= 11 is 6.03. The van der Waals surface area contributed by atoms with E-state index in [-0.39, 0.29) is 0 Å². The molecule has 2 nitrogen and oxygen atoms in total. The van der Waals surface area contributed by atoms with Gasteiger partial charge in [0.15, 0.2) is 0 Å². The lowest BCUT2D eigenvalue weighted by Crippen LogP contribution is -1.99. The number of benzene rings is 2. The lowest BCUT2D eigenvalue weighted by molar-refractivity contribution is 1.07. The Balaban J connectivity index is 2.30. The highest BCUT2D eigenvalue weighted by molar-refractivity contribution is 6.30. The van der Waals surface area contributed by atoms with Gasteiger partial charge in [0, 0.05) is 28.7 Å². The summed E-state index contributed by atoms with van der Waals surface area (Å²) in [5.41, 5.74) is 10.0. The van der Waals surface area contributed by atoms with E-state index < -0.39 is 0 Å². The zero-order valence-electron chi connectivity index (χ0n) is 10.3. The van der Waals surface area contributed by atoms with E-state index in [4.69, 9.17) is 17.3 Å². The molecule has 2 N–H and O–H groups in total. The van der Waals surface area contributed by atoms with Crippen molar-refractivity contribution in [1.82, 2.24) is 4.98 Å². The number of pyridine rings is 1. The molecule has 0 aliphatic rings. The molecular weight excluding hydrogens is 256 g/mol. The molecule has 0 aliphatic heterocycles. The average Bonchev–Trinajstić information content (AvgIpc) is 2.46. The summed E-state index contributed by atoms with van der Waals surface area (Å²) in [5, 5.41) is 1.83. The lowest BCUT2D eigenvalue weighted by atomic mass is 9.97. The first-order valence-corrected chi connectivity index (χ1v) is 6.50. The first-order chi connectivity index (χ1) is 9.29. The Hall–Kier alpha value is -1.90. The molecule has 94 valence electrons. The van der Waals surface area contributed by atoms with Crippen molar-refractivity contribution < 1.29 is 0 Å². The van der Waals surface area contributed by atoms with Crippen LogP contribution >= 0.6 is 11.6 Å². The Morgan fingerprint density at radius 2 is 1.84 bits per heavy atom. The summed E-state index contributed by atoms with van der Waals surface area (Å²) in [6.45, 7) is 0.457. The van der Waals surface area contributed by atoms with E-state index in [2.05, 4.69) is 23.2 Å². The number of fused-ring (bicyclic) bond motifs is 1. The van der Waals surface area contributed by atoms with Gasteiger partial charge in [-0.05, 0) is 29.3 Å². The fraction of sp³-hybridized carbons (Fsp3) is 0.0625. The molecule has 0 atom stereocenters. The number of para-hydroxylation sites is 1. The maximum atomic E-state index is 6.03. The van der Waals surface area contributed by atoms with Crippen LogP contribution in [0, 0.1) is 0 Å². The van der Waals surface area contributed by atoms with Gasteiger partial charge in [-0.2, -0.15) is 0 Å². The minimum atomic E-state index is 0.457. The van der Waals surface area contributed by atoms with Crippen molar-refractivity contribution in [2.45, 2.75) is 6.54 Å². The monoisotopic (exact) mass is 268 g/mol. The second-order valence-corrected chi connectivity index (χ2v) is 4.82. The van der Waals surface area contributed by atoms with Gasteiger partial charge in [0.2, 0.25) is 0 Å². The van der Waals surface area contributed by atoms with Crippen LogP contribution in [0.2, 0.25) is 5.02 Å². The maximum Gasteiger partial charge on any atom is 0.0780 e. The molecule has 3 rings (SSSR count). The van der Waals surface area contributed by atoms with E-state index in [1.807, 2.05) is 36.5 Å². The van der Waals surface area contributed by atoms with Crippen LogP contribution in [-0.2, 0) is 6.54 Å². The minimum absolute atomic E-state index is 0.457. The Morgan fingerprint density at radius 3 is 2.68 bits per heavy atom. The largest absolute Gasteiger partial charge is 0.326 e. The van der Waals surface area contributed by atoms with E-state index in [1.165, 1.54) is 0 Å². The number of nitrogens with zero attached hydrogens (tertiary/aromatic N) is 1. The fourth-order valence-electron chi connectivity index (χ4n) is 2.32. The smallest absolute Gasteiger partial charge is 0.0780 e. The van der Waals surface area contributed by atoms with Crippen molar-refractivity contribution in [3.8, 4) is 11.1 Å². The highest BCUT2D eigenvalue weighted by Crippen LogP contribution is 2.31. The van der Waals surface area contributed by atoms with Crippen LogP contribution in [0.1, 0.15) is 5.56 Å². The number of hydrogen-bond donors (Lipinski definition) is 1. The standard InChI is InChI=1S/C16H13ClN2/c17-13-6-7-14(12(9-13)10-18)15-5-1-3-11-4-2-8-19-16(11)15/h1-9H,10,18H2. The average molecular weight is 269 g/mol. The SMILES string of the molecule is NCc1cc(Cl)ccc1-c1cccc2cccnc12. The number of hydrogen-bond acceptors (Lipinski definition) is 2. The highest BCUT2D eigenvalue weighted by atomic mass is 35.5.